The summed E-state index contributed by atoms with van der Waals surface area (Å²) in [7, 11) is 0. The van der Waals surface area contributed by atoms with Gasteiger partial charge in [0.2, 0.25) is 0 Å². The van der Waals surface area contributed by atoms with Crippen LogP contribution < -0.4 is 5.73 Å². The summed E-state index contributed by atoms with van der Waals surface area (Å²) in [4.78, 5) is 9.80. The fourth-order valence-electron chi connectivity index (χ4n) is 0.995. The number of nitrogens with two attached hydrogens (primary N) is 1. The van der Waals surface area contributed by atoms with E-state index in [1.165, 1.54) is 12.1 Å². The molecule has 1 atom stereocenters. The van der Waals surface area contributed by atoms with Gasteiger partial charge in [-0.2, -0.15) is 0 Å². The van der Waals surface area contributed by atoms with Crippen LogP contribution in [0.25, 0.3) is 0 Å². The van der Waals surface area contributed by atoms with Gasteiger partial charge in [0.25, 0.3) is 5.69 Å². The maximum absolute atomic E-state index is 10.3. The van der Waals surface area contributed by atoms with Gasteiger partial charge in [-0.1, -0.05) is 12.1 Å². The number of nitrogens with zero attached hydrogens (tertiary/aromatic N) is 1. The van der Waals surface area contributed by atoms with Crippen LogP contribution in [0.4, 0.5) is 5.69 Å². The quantitative estimate of drug-likeness (QED) is 0.447. The highest BCUT2D eigenvalue weighted by Gasteiger charge is 2.04. The molecule has 0 heterocycles. The maximum atomic E-state index is 10.3. The van der Waals surface area contributed by atoms with Crippen LogP contribution in [-0.2, 0) is 6.42 Å². The van der Waals surface area contributed by atoms with Crippen molar-refractivity contribution in [3.63, 3.8) is 0 Å². The van der Waals surface area contributed by atoms with Crippen molar-refractivity contribution in [1.82, 2.24) is 0 Å². The highest BCUT2D eigenvalue weighted by molar-refractivity contribution is 5.85. The summed E-state index contributed by atoms with van der Waals surface area (Å²) >= 11 is 0. The maximum Gasteiger partial charge on any atom is 0.269 e. The predicted octanol–water partition coefficient (Wildman–Crippen LogP) is 0.836. The van der Waals surface area contributed by atoms with Crippen LogP contribution in [0.2, 0.25) is 0 Å². The van der Waals surface area contributed by atoms with E-state index in [0.29, 0.717) is 6.42 Å². The normalized spacial score (nSPS) is 11.6. The first-order valence-corrected chi connectivity index (χ1v) is 3.76. The largest absolute Gasteiger partial charge is 0.378 e. The fraction of sp³-hybridized carbons (Fsp3) is 0.250. The molecule has 0 fully saturated rings. The van der Waals surface area contributed by atoms with Crippen molar-refractivity contribution < 1.29 is 10.0 Å². The Morgan fingerprint density at radius 3 is 2.29 bits per heavy atom. The van der Waals surface area contributed by atoms with E-state index in [0.717, 1.165) is 5.56 Å². The summed E-state index contributed by atoms with van der Waals surface area (Å²) in [6.07, 6.45) is -0.612. The van der Waals surface area contributed by atoms with Crippen molar-refractivity contribution in [1.29, 1.82) is 0 Å². The lowest BCUT2D eigenvalue weighted by Gasteiger charge is -2.02. The summed E-state index contributed by atoms with van der Waals surface area (Å²) in [5.74, 6) is 0. The highest BCUT2D eigenvalue weighted by atomic mass is 35.5. The van der Waals surface area contributed by atoms with Crippen LogP contribution in [0.5, 0.6) is 0 Å². The van der Waals surface area contributed by atoms with Crippen molar-refractivity contribution in [3.8, 4) is 0 Å². The minimum absolute atomic E-state index is 0. The molecule has 0 radical (unpaired) electrons. The Morgan fingerprint density at radius 2 is 1.93 bits per heavy atom. The monoisotopic (exact) mass is 218 g/mol. The Labute approximate surface area is 87.1 Å². The molecule has 0 saturated carbocycles. The van der Waals surface area contributed by atoms with E-state index in [-0.39, 0.29) is 18.1 Å². The molecule has 78 valence electrons. The summed E-state index contributed by atoms with van der Waals surface area (Å²) < 4.78 is 0. The van der Waals surface area contributed by atoms with Gasteiger partial charge in [0.15, 0.2) is 0 Å². The number of non-ortho nitro benzene ring substituents is 1. The predicted molar refractivity (Wildman–Crippen MR) is 54.2 cm³/mol. The minimum atomic E-state index is -0.915. The molecular formula is C8H11ClN2O3. The van der Waals surface area contributed by atoms with E-state index < -0.39 is 11.2 Å². The lowest BCUT2D eigenvalue weighted by atomic mass is 10.1. The van der Waals surface area contributed by atoms with Gasteiger partial charge in [0.05, 0.1) is 4.92 Å². The number of hydrogen-bond donors (Lipinski definition) is 2. The molecule has 0 aliphatic heterocycles. The first-order valence-electron chi connectivity index (χ1n) is 3.76. The van der Waals surface area contributed by atoms with Crippen LogP contribution >= 0.6 is 12.4 Å². The number of aliphatic hydroxyl groups excluding tert-OH is 1. The summed E-state index contributed by atoms with van der Waals surface area (Å²) in [5, 5.41) is 19.1. The second kappa shape index (κ2) is 5.54. The molecule has 0 amide bonds. The first-order chi connectivity index (χ1) is 6.09. The smallest absolute Gasteiger partial charge is 0.269 e. The molecule has 1 aromatic rings. The molecule has 0 aliphatic carbocycles. The molecule has 1 unspecified atom stereocenters. The van der Waals surface area contributed by atoms with E-state index in [2.05, 4.69) is 0 Å². The van der Waals surface area contributed by atoms with E-state index >= 15 is 0 Å². The van der Waals surface area contributed by atoms with Crippen molar-refractivity contribution in [3.05, 3.63) is 39.9 Å². The number of nitro benzene ring substituents is 1. The zero-order valence-corrected chi connectivity index (χ0v) is 8.11. The van der Waals surface area contributed by atoms with Crippen molar-refractivity contribution in [2.75, 3.05) is 0 Å². The standard InChI is InChI=1S/C8H10N2O3.ClH/c9-8(11)5-6-1-3-7(4-2-6)10(12)13;/h1-4,8,11H,5,9H2;1H. The van der Waals surface area contributed by atoms with Gasteiger partial charge in [-0.05, 0) is 5.56 Å². The lowest BCUT2D eigenvalue weighted by molar-refractivity contribution is -0.384. The van der Waals surface area contributed by atoms with Crippen molar-refractivity contribution in [2.24, 2.45) is 5.73 Å². The van der Waals surface area contributed by atoms with Crippen LogP contribution in [-0.4, -0.2) is 16.3 Å². The third-order valence-corrected chi connectivity index (χ3v) is 1.59. The van der Waals surface area contributed by atoms with Gasteiger partial charge in [0.1, 0.15) is 6.23 Å². The molecule has 6 heteroatoms. The van der Waals surface area contributed by atoms with Gasteiger partial charge < -0.3 is 10.8 Å². The van der Waals surface area contributed by atoms with E-state index in [1.807, 2.05) is 0 Å². The van der Waals surface area contributed by atoms with Crippen LogP contribution in [0.3, 0.4) is 0 Å². The van der Waals surface area contributed by atoms with Crippen molar-refractivity contribution >= 4 is 18.1 Å². The number of aliphatic hydroxyl groups is 1. The molecule has 0 saturated heterocycles. The molecule has 0 spiro atoms. The molecule has 5 nitrogen and oxygen atoms in total. The van der Waals surface area contributed by atoms with Crippen LogP contribution in [0.15, 0.2) is 24.3 Å². The third kappa shape index (κ3) is 3.69. The zero-order valence-electron chi connectivity index (χ0n) is 7.29. The number of halogens is 1. The summed E-state index contributed by atoms with van der Waals surface area (Å²) in [5.41, 5.74) is 5.96. The van der Waals surface area contributed by atoms with Gasteiger partial charge in [-0.15, -0.1) is 12.4 Å². The molecule has 0 aliphatic rings. The molecule has 0 bridgehead atoms. The summed E-state index contributed by atoms with van der Waals surface area (Å²) in [6.45, 7) is 0. The molecule has 0 aromatic heterocycles. The van der Waals surface area contributed by atoms with E-state index in [4.69, 9.17) is 10.8 Å². The second-order valence-electron chi connectivity index (χ2n) is 2.70. The lowest BCUT2D eigenvalue weighted by Crippen LogP contribution is -2.21. The Balaban J connectivity index is 0.00000169. The van der Waals surface area contributed by atoms with E-state index in [9.17, 15) is 10.1 Å². The van der Waals surface area contributed by atoms with Gasteiger partial charge >= 0.3 is 0 Å². The highest BCUT2D eigenvalue weighted by Crippen LogP contribution is 2.12. The molecule has 1 rings (SSSR count). The number of rotatable bonds is 3. The zero-order chi connectivity index (χ0) is 9.84. The minimum Gasteiger partial charge on any atom is -0.378 e. The van der Waals surface area contributed by atoms with Crippen LogP contribution in [0, 0.1) is 10.1 Å². The number of hydrogen-bond acceptors (Lipinski definition) is 4. The van der Waals surface area contributed by atoms with Gasteiger partial charge in [-0.3, -0.25) is 10.1 Å². The Hall–Kier alpha value is -1.17. The molecular weight excluding hydrogens is 208 g/mol. The average Bonchev–Trinajstić information content (AvgIpc) is 2.04. The van der Waals surface area contributed by atoms with Crippen molar-refractivity contribution in [2.45, 2.75) is 12.6 Å². The third-order valence-electron chi connectivity index (χ3n) is 1.59. The summed E-state index contributed by atoms with van der Waals surface area (Å²) in [6, 6.07) is 5.93. The van der Waals surface area contributed by atoms with E-state index in [1.54, 1.807) is 12.1 Å². The molecule has 14 heavy (non-hydrogen) atoms. The fourth-order valence-corrected chi connectivity index (χ4v) is 0.995. The first kappa shape index (κ1) is 12.8. The topological polar surface area (TPSA) is 89.4 Å². The van der Waals surface area contributed by atoms with Gasteiger partial charge in [0, 0.05) is 18.6 Å². The Bertz CT molecular complexity index is 300. The second-order valence-corrected chi connectivity index (χ2v) is 2.70. The molecule has 1 aromatic carbocycles. The van der Waals surface area contributed by atoms with Gasteiger partial charge in [-0.25, -0.2) is 0 Å². The number of benzene rings is 1. The Kier molecular flexibility index (Phi) is 5.07. The SMILES string of the molecule is Cl.NC(O)Cc1ccc([N+](=O)[O-])cc1. The van der Waals surface area contributed by atoms with Crippen LogP contribution in [0.1, 0.15) is 5.56 Å². The molecule has 3 N–H and O–H groups in total. The average molecular weight is 219 g/mol. The Morgan fingerprint density at radius 1 is 1.43 bits per heavy atom. The number of nitro groups is 1.